The highest BCUT2D eigenvalue weighted by Crippen LogP contribution is 2.37. The highest BCUT2D eigenvalue weighted by molar-refractivity contribution is 8.26. The average Bonchev–Trinajstić information content (AvgIpc) is 3.26. The first kappa shape index (κ1) is 19.2. The van der Waals surface area contributed by atoms with E-state index in [1.165, 1.54) is 17.3 Å². The fraction of sp³-hybridized carbons (Fsp3) is 0.130. The van der Waals surface area contributed by atoms with Crippen LogP contribution in [0.4, 0.5) is 0 Å². The number of allylic oxidation sites excluding steroid dienone is 5. The zero-order valence-corrected chi connectivity index (χ0v) is 17.5. The van der Waals surface area contributed by atoms with Crippen LogP contribution in [-0.2, 0) is 11.2 Å². The number of benzene rings is 2. The van der Waals surface area contributed by atoms with E-state index in [1.807, 2.05) is 48.5 Å². The number of rotatable bonds is 5. The summed E-state index contributed by atoms with van der Waals surface area (Å²) in [7, 11) is 0. The molecule has 4 rings (SSSR count). The van der Waals surface area contributed by atoms with Gasteiger partial charge >= 0.3 is 0 Å². The smallest absolute Gasteiger partial charge is 0.266 e. The van der Waals surface area contributed by atoms with Crippen LogP contribution in [0.25, 0.3) is 5.57 Å². The first-order valence-corrected chi connectivity index (χ1v) is 10.7. The van der Waals surface area contributed by atoms with Gasteiger partial charge in [-0.15, -0.1) is 0 Å². The third-order valence-electron chi connectivity index (χ3n) is 4.77. The normalized spacial score (nSPS) is 18.0. The van der Waals surface area contributed by atoms with Gasteiger partial charge in [0.2, 0.25) is 0 Å². The van der Waals surface area contributed by atoms with Crippen LogP contribution >= 0.6 is 35.6 Å². The lowest BCUT2D eigenvalue weighted by molar-refractivity contribution is -0.122. The molecular formula is C23H18ClNOS2. The molecule has 0 atom stereocenters. The molecule has 1 heterocycles. The Labute approximate surface area is 179 Å². The number of nitrogens with zero attached hydrogens (tertiary/aromatic N) is 1. The first-order valence-electron chi connectivity index (χ1n) is 9.06. The van der Waals surface area contributed by atoms with Crippen molar-refractivity contribution >= 4 is 51.4 Å². The lowest BCUT2D eigenvalue weighted by atomic mass is 10.0. The number of thioether (sulfide) groups is 1. The predicted octanol–water partition coefficient (Wildman–Crippen LogP) is 6.04. The van der Waals surface area contributed by atoms with Crippen molar-refractivity contribution in [1.82, 2.24) is 4.90 Å². The topological polar surface area (TPSA) is 20.3 Å². The van der Waals surface area contributed by atoms with Crippen molar-refractivity contribution in [1.29, 1.82) is 0 Å². The summed E-state index contributed by atoms with van der Waals surface area (Å²) in [5.74, 6) is -0.00183. The molecule has 0 N–H and O–H groups in total. The van der Waals surface area contributed by atoms with Gasteiger partial charge in [-0.2, -0.15) is 0 Å². The fourth-order valence-corrected chi connectivity index (χ4v) is 4.88. The molecule has 28 heavy (non-hydrogen) atoms. The molecule has 0 bridgehead atoms. The molecule has 1 aliphatic heterocycles. The lowest BCUT2D eigenvalue weighted by Crippen LogP contribution is -2.30. The molecule has 2 aromatic carbocycles. The van der Waals surface area contributed by atoms with Gasteiger partial charge in [-0.25, -0.2) is 0 Å². The summed E-state index contributed by atoms with van der Waals surface area (Å²) >= 11 is 13.1. The molecular weight excluding hydrogens is 406 g/mol. The summed E-state index contributed by atoms with van der Waals surface area (Å²) in [5.41, 5.74) is 4.50. The summed E-state index contributed by atoms with van der Waals surface area (Å²) in [6.07, 6.45) is 7.64. The Hall–Kier alpha value is -2.14. The van der Waals surface area contributed by atoms with Crippen molar-refractivity contribution in [3.05, 3.63) is 99.5 Å². The maximum atomic E-state index is 12.8. The molecule has 2 aromatic rings. The highest BCUT2D eigenvalue weighted by Gasteiger charge is 2.32. The zero-order valence-electron chi connectivity index (χ0n) is 15.1. The van der Waals surface area contributed by atoms with Gasteiger partial charge in [0.05, 0.1) is 4.91 Å². The first-order chi connectivity index (χ1) is 13.6. The van der Waals surface area contributed by atoms with E-state index in [1.54, 1.807) is 4.90 Å². The molecule has 140 valence electrons. The van der Waals surface area contributed by atoms with Gasteiger partial charge in [-0.05, 0) is 47.3 Å². The van der Waals surface area contributed by atoms with Crippen LogP contribution in [0.3, 0.4) is 0 Å². The summed E-state index contributed by atoms with van der Waals surface area (Å²) in [4.78, 5) is 15.2. The maximum Gasteiger partial charge on any atom is 0.266 e. The second-order valence-corrected chi connectivity index (χ2v) is 8.74. The van der Waals surface area contributed by atoms with Crippen LogP contribution in [0.1, 0.15) is 17.5 Å². The Morgan fingerprint density at radius 2 is 1.82 bits per heavy atom. The second kappa shape index (κ2) is 8.48. The van der Waals surface area contributed by atoms with Gasteiger partial charge in [0.1, 0.15) is 4.32 Å². The molecule has 0 saturated carbocycles. The molecule has 5 heteroatoms. The van der Waals surface area contributed by atoms with E-state index in [4.69, 9.17) is 23.8 Å². The standard InChI is InChI=1S/C23H18ClNOS2/c24-20-9-5-4-8-19(20)18-11-10-17(14-18)15-21-22(26)25(23(27)28-21)13-12-16-6-2-1-3-7-16/h1-11,15H,12-14H2/b21-15-. The van der Waals surface area contributed by atoms with E-state index >= 15 is 0 Å². The molecule has 1 saturated heterocycles. The molecule has 1 fully saturated rings. The van der Waals surface area contributed by atoms with Gasteiger partial charge in [0, 0.05) is 11.6 Å². The quantitative estimate of drug-likeness (QED) is 0.432. The van der Waals surface area contributed by atoms with E-state index in [-0.39, 0.29) is 5.91 Å². The summed E-state index contributed by atoms with van der Waals surface area (Å²) in [5, 5.41) is 0.746. The second-order valence-electron chi connectivity index (χ2n) is 6.66. The number of hydrogen-bond donors (Lipinski definition) is 0. The van der Waals surface area contributed by atoms with Crippen LogP contribution in [-0.4, -0.2) is 21.7 Å². The Bertz CT molecular complexity index is 1020. The van der Waals surface area contributed by atoms with Crippen LogP contribution in [0.2, 0.25) is 5.02 Å². The minimum atomic E-state index is -0.00183. The highest BCUT2D eigenvalue weighted by atomic mass is 35.5. The van der Waals surface area contributed by atoms with E-state index < -0.39 is 0 Å². The number of thiocarbonyl (C=S) groups is 1. The summed E-state index contributed by atoms with van der Waals surface area (Å²) in [6, 6.07) is 18.0. The average molecular weight is 424 g/mol. The predicted molar refractivity (Wildman–Crippen MR) is 122 cm³/mol. The van der Waals surface area contributed by atoms with E-state index in [0.29, 0.717) is 15.8 Å². The molecule has 0 unspecified atom stereocenters. The zero-order chi connectivity index (χ0) is 19.5. The SMILES string of the molecule is O=C1/C(=C/C2=CC=C(c3ccccc3Cl)C2)SC(=S)N1CCc1ccccc1. The van der Waals surface area contributed by atoms with Gasteiger partial charge in [0.15, 0.2) is 0 Å². The van der Waals surface area contributed by atoms with Crippen molar-refractivity contribution in [3.8, 4) is 0 Å². The number of amides is 1. The van der Waals surface area contributed by atoms with Crippen molar-refractivity contribution in [3.63, 3.8) is 0 Å². The number of hydrogen-bond acceptors (Lipinski definition) is 3. The number of carbonyl (C=O) groups excluding carboxylic acids is 1. The van der Waals surface area contributed by atoms with Crippen molar-refractivity contribution in [2.75, 3.05) is 6.54 Å². The third kappa shape index (κ3) is 4.14. The molecule has 2 aliphatic rings. The molecule has 1 aliphatic carbocycles. The van der Waals surface area contributed by atoms with Gasteiger partial charge in [0.25, 0.3) is 5.91 Å². The van der Waals surface area contributed by atoms with E-state index in [9.17, 15) is 4.79 Å². The van der Waals surface area contributed by atoms with E-state index in [0.717, 1.165) is 34.6 Å². The van der Waals surface area contributed by atoms with E-state index in [2.05, 4.69) is 24.3 Å². The number of halogens is 1. The number of carbonyl (C=O) groups is 1. The minimum Gasteiger partial charge on any atom is -0.293 e. The Morgan fingerprint density at radius 1 is 1.07 bits per heavy atom. The Morgan fingerprint density at radius 3 is 2.61 bits per heavy atom. The Kier molecular flexibility index (Phi) is 5.81. The molecule has 0 radical (unpaired) electrons. The van der Waals surface area contributed by atoms with Gasteiger partial charge in [-0.3, -0.25) is 9.69 Å². The lowest BCUT2D eigenvalue weighted by Gasteiger charge is -2.14. The van der Waals surface area contributed by atoms with Crippen LogP contribution < -0.4 is 0 Å². The van der Waals surface area contributed by atoms with Crippen molar-refractivity contribution < 1.29 is 4.79 Å². The molecule has 2 nitrogen and oxygen atoms in total. The molecule has 0 spiro atoms. The van der Waals surface area contributed by atoms with Gasteiger partial charge < -0.3 is 0 Å². The van der Waals surface area contributed by atoms with Crippen LogP contribution in [0, 0.1) is 0 Å². The van der Waals surface area contributed by atoms with Crippen LogP contribution in [0.15, 0.2) is 83.3 Å². The molecule has 0 aromatic heterocycles. The van der Waals surface area contributed by atoms with Crippen molar-refractivity contribution in [2.24, 2.45) is 0 Å². The summed E-state index contributed by atoms with van der Waals surface area (Å²) in [6.45, 7) is 0.605. The fourth-order valence-electron chi connectivity index (χ4n) is 3.30. The van der Waals surface area contributed by atoms with Crippen molar-refractivity contribution in [2.45, 2.75) is 12.8 Å². The molecule has 1 amide bonds. The van der Waals surface area contributed by atoms with Crippen LogP contribution in [0.5, 0.6) is 0 Å². The van der Waals surface area contributed by atoms with Gasteiger partial charge in [-0.1, -0.05) is 96.3 Å². The monoisotopic (exact) mass is 423 g/mol. The maximum absolute atomic E-state index is 12.8. The third-order valence-corrected chi connectivity index (χ3v) is 6.48. The largest absolute Gasteiger partial charge is 0.293 e. The minimum absolute atomic E-state index is 0.00183. The Balaban J connectivity index is 1.41. The summed E-state index contributed by atoms with van der Waals surface area (Å²) < 4.78 is 0.630.